The lowest BCUT2D eigenvalue weighted by Crippen LogP contribution is -2.51. The third kappa shape index (κ3) is 1.94. The summed E-state index contributed by atoms with van der Waals surface area (Å²) in [6, 6.07) is 7.28. The van der Waals surface area contributed by atoms with Crippen molar-refractivity contribution in [2.24, 2.45) is 5.92 Å². The number of aromatic nitrogens is 2. The van der Waals surface area contributed by atoms with E-state index in [1.165, 1.54) is 6.42 Å². The van der Waals surface area contributed by atoms with Crippen LogP contribution in [-0.4, -0.2) is 14.9 Å². The summed E-state index contributed by atoms with van der Waals surface area (Å²) in [5.41, 5.74) is 2.12. The SMILES string of the molecule is CC1C=c2c(c(-c3ccc(O)cc3)[n+]3n2CCCC3)=C(O)C1. The van der Waals surface area contributed by atoms with Gasteiger partial charge in [0, 0.05) is 18.4 Å². The van der Waals surface area contributed by atoms with E-state index in [4.69, 9.17) is 0 Å². The number of fused-ring (bicyclic) bond motifs is 3. The van der Waals surface area contributed by atoms with Crippen LogP contribution in [0.15, 0.2) is 24.3 Å². The summed E-state index contributed by atoms with van der Waals surface area (Å²) in [6.45, 7) is 4.11. The molecule has 4 nitrogen and oxygen atoms in total. The van der Waals surface area contributed by atoms with Crippen molar-refractivity contribution in [2.45, 2.75) is 39.3 Å². The van der Waals surface area contributed by atoms with Crippen molar-refractivity contribution >= 4 is 11.8 Å². The zero-order valence-corrected chi connectivity index (χ0v) is 12.8. The van der Waals surface area contributed by atoms with Crippen LogP contribution in [-0.2, 0) is 13.1 Å². The molecule has 1 aromatic heterocycles. The van der Waals surface area contributed by atoms with E-state index >= 15 is 0 Å². The summed E-state index contributed by atoms with van der Waals surface area (Å²) in [4.78, 5) is 0. The number of benzene rings is 1. The monoisotopic (exact) mass is 297 g/mol. The minimum atomic E-state index is 0.268. The second kappa shape index (κ2) is 4.90. The summed E-state index contributed by atoms with van der Waals surface area (Å²) in [5.74, 6) is 1.12. The van der Waals surface area contributed by atoms with Crippen molar-refractivity contribution in [1.82, 2.24) is 4.68 Å². The smallest absolute Gasteiger partial charge is 0.249 e. The normalized spacial score (nSPS) is 20.2. The highest BCUT2D eigenvalue weighted by atomic mass is 16.3. The highest BCUT2D eigenvalue weighted by Crippen LogP contribution is 2.20. The van der Waals surface area contributed by atoms with Gasteiger partial charge in [-0.05, 0) is 36.6 Å². The van der Waals surface area contributed by atoms with E-state index in [0.717, 1.165) is 41.3 Å². The molecule has 4 heteroatoms. The van der Waals surface area contributed by atoms with Gasteiger partial charge in [-0.2, -0.15) is 4.68 Å². The van der Waals surface area contributed by atoms with Crippen molar-refractivity contribution in [2.75, 3.05) is 0 Å². The van der Waals surface area contributed by atoms with Crippen LogP contribution in [0.25, 0.3) is 23.1 Å². The van der Waals surface area contributed by atoms with Crippen molar-refractivity contribution in [3.63, 3.8) is 0 Å². The first-order valence-corrected chi connectivity index (χ1v) is 8.01. The van der Waals surface area contributed by atoms with Crippen LogP contribution in [0.2, 0.25) is 0 Å². The predicted molar refractivity (Wildman–Crippen MR) is 84.5 cm³/mol. The fourth-order valence-corrected chi connectivity index (χ4v) is 3.73. The van der Waals surface area contributed by atoms with Crippen molar-refractivity contribution < 1.29 is 14.9 Å². The average molecular weight is 297 g/mol. The maximum absolute atomic E-state index is 10.6. The summed E-state index contributed by atoms with van der Waals surface area (Å²) >= 11 is 0. The molecule has 0 spiro atoms. The Bertz CT molecular complexity index is 847. The minimum absolute atomic E-state index is 0.268. The Morgan fingerprint density at radius 3 is 2.68 bits per heavy atom. The lowest BCUT2D eigenvalue weighted by Gasteiger charge is -2.11. The van der Waals surface area contributed by atoms with Gasteiger partial charge in [-0.25, -0.2) is 0 Å². The Kier molecular flexibility index (Phi) is 2.99. The van der Waals surface area contributed by atoms with Crippen molar-refractivity contribution in [3.05, 3.63) is 34.8 Å². The Labute approximate surface area is 129 Å². The molecule has 1 aliphatic carbocycles. The van der Waals surface area contributed by atoms with Gasteiger partial charge in [0.2, 0.25) is 5.69 Å². The molecular weight excluding hydrogens is 276 g/mol. The molecule has 2 aromatic rings. The largest absolute Gasteiger partial charge is 0.511 e. The molecule has 1 unspecified atom stereocenters. The predicted octanol–water partition coefficient (Wildman–Crippen LogP) is 1.43. The van der Waals surface area contributed by atoms with Crippen LogP contribution >= 0.6 is 0 Å². The third-order valence-electron chi connectivity index (χ3n) is 4.70. The number of aliphatic hydroxyl groups excluding tert-OH is 1. The van der Waals surface area contributed by atoms with Crippen LogP contribution < -0.4 is 15.2 Å². The van der Waals surface area contributed by atoms with Gasteiger partial charge in [0.25, 0.3) is 0 Å². The highest BCUT2D eigenvalue weighted by Gasteiger charge is 2.30. The second-order valence-electron chi connectivity index (χ2n) is 6.40. The number of phenolic OH excluding ortho intramolecular Hbond substituents is 1. The molecule has 0 saturated carbocycles. The summed E-state index contributed by atoms with van der Waals surface area (Å²) in [5, 5.41) is 22.3. The first kappa shape index (κ1) is 13.4. The van der Waals surface area contributed by atoms with Gasteiger partial charge in [0.05, 0.1) is 6.54 Å². The first-order chi connectivity index (χ1) is 10.6. The molecule has 2 aliphatic rings. The average Bonchev–Trinajstić information content (AvgIpc) is 2.83. The lowest BCUT2D eigenvalue weighted by molar-refractivity contribution is -0.773. The van der Waals surface area contributed by atoms with E-state index in [-0.39, 0.29) is 5.75 Å². The number of aromatic hydroxyl groups is 1. The molecule has 1 atom stereocenters. The molecule has 0 bridgehead atoms. The number of nitrogens with zero attached hydrogens (tertiary/aromatic N) is 2. The summed E-state index contributed by atoms with van der Waals surface area (Å²) in [6.07, 6.45) is 5.32. The standard InChI is InChI=1S/C18H20N2O2/c1-12-10-15-17(16(22)11-12)18(13-4-6-14(21)7-5-13)20-9-3-2-8-19(15)20/h4-7,10,12H,2-3,8-9,11H2,1H3,(H,21,22)/p+1. The summed E-state index contributed by atoms with van der Waals surface area (Å²) in [7, 11) is 0. The maximum Gasteiger partial charge on any atom is 0.249 e. The molecule has 22 heavy (non-hydrogen) atoms. The highest BCUT2D eigenvalue weighted by molar-refractivity contribution is 5.62. The van der Waals surface area contributed by atoms with Crippen LogP contribution in [0.3, 0.4) is 0 Å². The number of aliphatic hydroxyl groups is 1. The van der Waals surface area contributed by atoms with E-state index < -0.39 is 0 Å². The van der Waals surface area contributed by atoms with E-state index in [2.05, 4.69) is 22.4 Å². The van der Waals surface area contributed by atoms with Gasteiger partial charge in [-0.1, -0.05) is 13.0 Å². The van der Waals surface area contributed by atoms with Gasteiger partial charge in [0.15, 0.2) is 6.54 Å². The zero-order chi connectivity index (χ0) is 15.3. The maximum atomic E-state index is 10.6. The number of phenols is 1. The fraction of sp³-hybridized carbons (Fsp3) is 0.389. The molecule has 114 valence electrons. The molecule has 0 saturated heterocycles. The van der Waals surface area contributed by atoms with E-state index in [1.807, 2.05) is 12.1 Å². The molecule has 0 fully saturated rings. The van der Waals surface area contributed by atoms with Crippen LogP contribution in [0.1, 0.15) is 26.2 Å². The first-order valence-electron chi connectivity index (χ1n) is 8.01. The van der Waals surface area contributed by atoms with Crippen LogP contribution in [0, 0.1) is 5.92 Å². The van der Waals surface area contributed by atoms with Gasteiger partial charge < -0.3 is 10.2 Å². The number of hydrogen-bond donors (Lipinski definition) is 2. The fourth-order valence-electron chi connectivity index (χ4n) is 3.73. The van der Waals surface area contributed by atoms with E-state index in [1.54, 1.807) is 12.1 Å². The van der Waals surface area contributed by atoms with Gasteiger partial charge in [-0.15, -0.1) is 4.68 Å². The van der Waals surface area contributed by atoms with E-state index in [9.17, 15) is 10.2 Å². The minimum Gasteiger partial charge on any atom is -0.511 e. The molecule has 2 heterocycles. The lowest BCUT2D eigenvalue weighted by atomic mass is 9.98. The molecule has 0 amide bonds. The molecule has 1 aromatic carbocycles. The quantitative estimate of drug-likeness (QED) is 0.782. The van der Waals surface area contributed by atoms with Crippen LogP contribution in [0.4, 0.5) is 0 Å². The molecular formula is C18H21N2O2+. The van der Waals surface area contributed by atoms with Crippen molar-refractivity contribution in [1.29, 1.82) is 0 Å². The van der Waals surface area contributed by atoms with Gasteiger partial charge in [-0.3, -0.25) is 0 Å². The Morgan fingerprint density at radius 1 is 1.14 bits per heavy atom. The molecule has 4 rings (SSSR count). The van der Waals surface area contributed by atoms with Crippen molar-refractivity contribution in [3.8, 4) is 17.0 Å². The van der Waals surface area contributed by atoms with Crippen LogP contribution in [0.5, 0.6) is 5.75 Å². The number of hydrogen-bond acceptors (Lipinski definition) is 2. The Hall–Kier alpha value is -2.23. The van der Waals surface area contributed by atoms with Gasteiger partial charge >= 0.3 is 0 Å². The molecule has 0 radical (unpaired) electrons. The Balaban J connectivity index is 2.09. The molecule has 2 N–H and O–H groups in total. The number of rotatable bonds is 1. The topological polar surface area (TPSA) is 49.3 Å². The zero-order valence-electron chi connectivity index (χ0n) is 12.8. The summed E-state index contributed by atoms with van der Waals surface area (Å²) < 4.78 is 4.61. The molecule has 1 aliphatic heterocycles. The second-order valence-corrected chi connectivity index (χ2v) is 6.40. The van der Waals surface area contributed by atoms with Gasteiger partial charge in [0.1, 0.15) is 22.1 Å². The third-order valence-corrected chi connectivity index (χ3v) is 4.70. The van der Waals surface area contributed by atoms with E-state index in [0.29, 0.717) is 18.1 Å². The Morgan fingerprint density at radius 2 is 1.91 bits per heavy atom.